The van der Waals surface area contributed by atoms with Gasteiger partial charge in [0.1, 0.15) is 16.6 Å². The molecule has 0 radical (unpaired) electrons. The molecule has 19 heavy (non-hydrogen) atoms. The van der Waals surface area contributed by atoms with Crippen molar-refractivity contribution < 1.29 is 4.39 Å². The Balaban J connectivity index is 2.09. The van der Waals surface area contributed by atoms with Crippen molar-refractivity contribution in [3.63, 3.8) is 0 Å². The van der Waals surface area contributed by atoms with Crippen LogP contribution in [0.25, 0.3) is 0 Å². The van der Waals surface area contributed by atoms with Crippen molar-refractivity contribution in [3.8, 4) is 0 Å². The minimum absolute atomic E-state index is 0.116. The van der Waals surface area contributed by atoms with Crippen LogP contribution in [0.3, 0.4) is 0 Å². The minimum Gasteiger partial charge on any atom is -0.326 e. The molecule has 2 unspecified atom stereocenters. The van der Waals surface area contributed by atoms with Crippen molar-refractivity contribution in [2.75, 3.05) is 0 Å². The summed E-state index contributed by atoms with van der Waals surface area (Å²) in [5, 5.41) is 0.737. The third-order valence-corrected chi connectivity index (χ3v) is 3.81. The molecule has 0 bridgehead atoms. The Morgan fingerprint density at radius 2 is 2.16 bits per heavy atom. The highest BCUT2D eigenvalue weighted by Gasteiger charge is 2.18. The molecule has 2 atom stereocenters. The van der Waals surface area contributed by atoms with Gasteiger partial charge in [-0.05, 0) is 35.6 Å². The van der Waals surface area contributed by atoms with E-state index in [4.69, 9.17) is 11.5 Å². The number of hydrogen-bond donors (Lipinski definition) is 2. The Morgan fingerprint density at radius 1 is 1.37 bits per heavy atom. The Hall–Kier alpha value is -1.37. The average Bonchev–Trinajstić information content (AvgIpc) is 2.85. The first-order valence-electron chi connectivity index (χ1n) is 6.18. The molecule has 0 aliphatic carbocycles. The van der Waals surface area contributed by atoms with Gasteiger partial charge < -0.3 is 11.5 Å². The van der Waals surface area contributed by atoms with E-state index in [0.29, 0.717) is 12.2 Å². The molecular formula is C13H17FN4S. The molecule has 1 aromatic heterocycles. The molecule has 0 saturated heterocycles. The second-order valence-electron chi connectivity index (χ2n) is 4.45. The number of hydrogen-bond acceptors (Lipinski definition) is 5. The average molecular weight is 280 g/mol. The number of halogens is 1. The van der Waals surface area contributed by atoms with Crippen LogP contribution in [0.4, 0.5) is 4.39 Å². The maximum atomic E-state index is 13.1. The number of aromatic nitrogens is 2. The first kappa shape index (κ1) is 14.0. The number of nitrogens with two attached hydrogens (primary N) is 2. The summed E-state index contributed by atoms with van der Waals surface area (Å²) in [5.41, 5.74) is 12.7. The van der Waals surface area contributed by atoms with Crippen LogP contribution in [0.5, 0.6) is 0 Å². The summed E-state index contributed by atoms with van der Waals surface area (Å²) >= 11 is 1.26. The van der Waals surface area contributed by atoms with Crippen molar-refractivity contribution >= 4 is 11.5 Å². The molecule has 0 spiro atoms. The van der Waals surface area contributed by atoms with E-state index >= 15 is 0 Å². The number of benzene rings is 1. The maximum absolute atomic E-state index is 13.1. The summed E-state index contributed by atoms with van der Waals surface area (Å²) < 4.78 is 17.3. The van der Waals surface area contributed by atoms with E-state index in [9.17, 15) is 4.39 Å². The third kappa shape index (κ3) is 3.56. The highest BCUT2D eigenvalue weighted by molar-refractivity contribution is 7.05. The minimum atomic E-state index is -0.288. The van der Waals surface area contributed by atoms with Crippen LogP contribution in [0.15, 0.2) is 24.3 Å². The molecule has 0 aliphatic heterocycles. The number of nitrogens with zero attached hydrogens (tertiary/aromatic N) is 2. The van der Waals surface area contributed by atoms with E-state index in [2.05, 4.69) is 9.36 Å². The van der Waals surface area contributed by atoms with Crippen LogP contribution in [0.1, 0.15) is 35.8 Å². The predicted octanol–water partition coefficient (Wildman–Crippen LogP) is 2.01. The molecule has 0 saturated carbocycles. The third-order valence-electron chi connectivity index (χ3n) is 2.95. The van der Waals surface area contributed by atoms with E-state index in [1.807, 2.05) is 13.0 Å². The van der Waals surface area contributed by atoms with E-state index < -0.39 is 0 Å². The van der Waals surface area contributed by atoms with Crippen LogP contribution in [0.2, 0.25) is 0 Å². The lowest BCUT2D eigenvalue weighted by Crippen LogP contribution is -2.33. The second kappa shape index (κ2) is 6.18. The van der Waals surface area contributed by atoms with Crippen molar-refractivity contribution in [2.45, 2.75) is 31.8 Å². The Kier molecular flexibility index (Phi) is 4.57. The van der Waals surface area contributed by atoms with Gasteiger partial charge in [-0.1, -0.05) is 19.1 Å². The molecule has 0 amide bonds. The fourth-order valence-corrected chi connectivity index (χ4v) is 2.49. The lowest BCUT2D eigenvalue weighted by molar-refractivity contribution is 0.529. The van der Waals surface area contributed by atoms with Crippen molar-refractivity contribution in [1.29, 1.82) is 0 Å². The predicted molar refractivity (Wildman–Crippen MR) is 74.3 cm³/mol. The molecular weight excluding hydrogens is 263 g/mol. The van der Waals surface area contributed by atoms with Crippen LogP contribution >= 0.6 is 11.5 Å². The van der Waals surface area contributed by atoms with Gasteiger partial charge in [0.2, 0.25) is 0 Å². The monoisotopic (exact) mass is 280 g/mol. The van der Waals surface area contributed by atoms with Gasteiger partial charge in [0.25, 0.3) is 0 Å². The first-order chi connectivity index (χ1) is 9.10. The van der Waals surface area contributed by atoms with E-state index in [1.165, 1.54) is 23.7 Å². The molecule has 1 aromatic carbocycles. The van der Waals surface area contributed by atoms with Gasteiger partial charge in [-0.3, -0.25) is 0 Å². The van der Waals surface area contributed by atoms with Gasteiger partial charge in [-0.15, -0.1) is 0 Å². The Bertz CT molecular complexity index is 543. The van der Waals surface area contributed by atoms with Gasteiger partial charge in [0.05, 0.1) is 6.04 Å². The molecule has 0 fully saturated rings. The topological polar surface area (TPSA) is 77.8 Å². The lowest BCUT2D eigenvalue weighted by Gasteiger charge is -2.14. The van der Waals surface area contributed by atoms with Crippen molar-refractivity contribution in [3.05, 3.63) is 46.5 Å². The van der Waals surface area contributed by atoms with Gasteiger partial charge in [-0.25, -0.2) is 9.37 Å². The largest absolute Gasteiger partial charge is 0.326 e. The maximum Gasteiger partial charge on any atom is 0.147 e. The normalized spacial score (nSPS) is 14.3. The molecule has 4 nitrogen and oxygen atoms in total. The zero-order valence-electron chi connectivity index (χ0n) is 10.7. The first-order valence-corrected chi connectivity index (χ1v) is 6.95. The van der Waals surface area contributed by atoms with Crippen LogP contribution in [-0.2, 0) is 6.42 Å². The van der Waals surface area contributed by atoms with Gasteiger partial charge in [0, 0.05) is 12.5 Å². The summed E-state index contributed by atoms with van der Waals surface area (Å²) in [6.45, 7) is 1.99. The summed E-state index contributed by atoms with van der Waals surface area (Å²) in [6.07, 6.45) is 1.29. The number of rotatable bonds is 5. The van der Waals surface area contributed by atoms with Crippen molar-refractivity contribution in [2.24, 2.45) is 11.5 Å². The molecule has 4 N–H and O–H groups in total. The van der Waals surface area contributed by atoms with Gasteiger partial charge in [0.15, 0.2) is 0 Å². The molecule has 2 rings (SSSR count). The fourth-order valence-electron chi connectivity index (χ4n) is 1.74. The van der Waals surface area contributed by atoms with E-state index in [-0.39, 0.29) is 17.9 Å². The van der Waals surface area contributed by atoms with Crippen LogP contribution in [0, 0.1) is 5.82 Å². The standard InChI is InChI=1S/C13H17FN4S/c1-2-10(15)12(16)13-17-11(18-19-13)7-8-4-3-5-9(14)6-8/h3-6,10,12H,2,7,15-16H2,1H3. The molecule has 6 heteroatoms. The van der Waals surface area contributed by atoms with Crippen molar-refractivity contribution in [1.82, 2.24) is 9.36 Å². The van der Waals surface area contributed by atoms with Crippen LogP contribution in [-0.4, -0.2) is 15.4 Å². The summed E-state index contributed by atoms with van der Waals surface area (Å²) in [5.74, 6) is 0.405. The highest BCUT2D eigenvalue weighted by Crippen LogP contribution is 2.18. The summed E-state index contributed by atoms with van der Waals surface area (Å²) in [4.78, 5) is 4.38. The summed E-state index contributed by atoms with van der Waals surface area (Å²) in [7, 11) is 0. The fraction of sp³-hybridized carbons (Fsp3) is 0.385. The molecule has 2 aromatic rings. The SMILES string of the molecule is CCC(N)C(N)c1nc(Cc2cccc(F)c2)ns1. The molecule has 0 aliphatic rings. The lowest BCUT2D eigenvalue weighted by atomic mass is 10.1. The van der Waals surface area contributed by atoms with Gasteiger partial charge in [-0.2, -0.15) is 4.37 Å². The van der Waals surface area contributed by atoms with Gasteiger partial charge >= 0.3 is 0 Å². The second-order valence-corrected chi connectivity index (χ2v) is 5.24. The highest BCUT2D eigenvalue weighted by atomic mass is 32.1. The van der Waals surface area contributed by atoms with E-state index in [0.717, 1.165) is 17.0 Å². The zero-order valence-corrected chi connectivity index (χ0v) is 11.5. The van der Waals surface area contributed by atoms with Crippen LogP contribution < -0.4 is 11.5 Å². The quantitative estimate of drug-likeness (QED) is 0.878. The Labute approximate surface area is 115 Å². The van der Waals surface area contributed by atoms with E-state index in [1.54, 1.807) is 6.07 Å². The summed E-state index contributed by atoms with van der Waals surface area (Å²) in [6, 6.07) is 6.02. The Morgan fingerprint density at radius 3 is 2.84 bits per heavy atom. The zero-order chi connectivity index (χ0) is 13.8. The molecule has 1 heterocycles. The smallest absolute Gasteiger partial charge is 0.147 e. The molecule has 102 valence electrons.